The third-order valence-electron chi connectivity index (χ3n) is 5.77. The van der Waals surface area contributed by atoms with Crippen molar-refractivity contribution in [2.75, 3.05) is 13.1 Å². The van der Waals surface area contributed by atoms with Crippen molar-refractivity contribution in [1.82, 2.24) is 9.47 Å². The van der Waals surface area contributed by atoms with E-state index in [-0.39, 0.29) is 5.82 Å². The second-order valence-corrected chi connectivity index (χ2v) is 7.45. The summed E-state index contributed by atoms with van der Waals surface area (Å²) in [6, 6.07) is 25.8. The average Bonchev–Trinajstić information content (AvgIpc) is 3.05. The van der Waals surface area contributed by atoms with Crippen LogP contribution < -0.4 is 0 Å². The molecule has 4 aromatic rings. The molecule has 27 heavy (non-hydrogen) atoms. The fraction of sp³-hybridized carbons (Fsp3) is 0.250. The molecule has 3 heteroatoms. The van der Waals surface area contributed by atoms with E-state index in [1.54, 1.807) is 12.1 Å². The van der Waals surface area contributed by atoms with Crippen LogP contribution in [-0.2, 0) is 6.54 Å². The van der Waals surface area contributed by atoms with E-state index in [1.165, 1.54) is 27.4 Å². The molecule has 0 bridgehead atoms. The number of para-hydroxylation sites is 1. The summed E-state index contributed by atoms with van der Waals surface area (Å²) < 4.78 is 15.6. The Kier molecular flexibility index (Phi) is 4.17. The first-order valence-corrected chi connectivity index (χ1v) is 9.66. The molecule has 1 aliphatic heterocycles. The molecule has 135 valence electrons. The van der Waals surface area contributed by atoms with Gasteiger partial charge in [0, 0.05) is 47.5 Å². The Morgan fingerprint density at radius 3 is 2.44 bits per heavy atom. The van der Waals surface area contributed by atoms with Gasteiger partial charge in [-0.25, -0.2) is 4.39 Å². The summed E-state index contributed by atoms with van der Waals surface area (Å²) in [6.07, 6.45) is 2.26. The van der Waals surface area contributed by atoms with Gasteiger partial charge in [0.25, 0.3) is 0 Å². The predicted molar refractivity (Wildman–Crippen MR) is 108 cm³/mol. The predicted octanol–water partition coefficient (Wildman–Crippen LogP) is 5.57. The lowest BCUT2D eigenvalue weighted by atomic mass is 10.0. The van der Waals surface area contributed by atoms with Crippen LogP contribution in [0.1, 0.15) is 24.4 Å². The molecular formula is C24H22FN2. The van der Waals surface area contributed by atoms with Gasteiger partial charge in [-0.15, -0.1) is 0 Å². The second-order valence-electron chi connectivity index (χ2n) is 7.45. The van der Waals surface area contributed by atoms with Crippen molar-refractivity contribution in [3.05, 3.63) is 84.2 Å². The molecule has 0 aliphatic carbocycles. The lowest BCUT2D eigenvalue weighted by Crippen LogP contribution is -2.34. The van der Waals surface area contributed by atoms with E-state index in [1.807, 2.05) is 18.2 Å². The lowest BCUT2D eigenvalue weighted by Gasteiger charge is -2.33. The zero-order valence-electron chi connectivity index (χ0n) is 15.2. The second kappa shape index (κ2) is 6.82. The smallest absolute Gasteiger partial charge is 0.123 e. The van der Waals surface area contributed by atoms with Crippen molar-refractivity contribution in [2.24, 2.45) is 0 Å². The van der Waals surface area contributed by atoms with Crippen LogP contribution in [0.2, 0.25) is 0 Å². The zero-order chi connectivity index (χ0) is 18.2. The number of aromatic nitrogens is 1. The largest absolute Gasteiger partial charge is 0.337 e. The van der Waals surface area contributed by atoms with Gasteiger partial charge in [0.15, 0.2) is 0 Å². The summed E-state index contributed by atoms with van der Waals surface area (Å²) in [7, 11) is 0. The zero-order valence-corrected chi connectivity index (χ0v) is 15.2. The molecule has 5 rings (SSSR count). The van der Waals surface area contributed by atoms with E-state index in [0.717, 1.165) is 32.5 Å². The third-order valence-corrected chi connectivity index (χ3v) is 5.77. The number of hydrogen-bond acceptors (Lipinski definition) is 1. The molecule has 2 nitrogen and oxygen atoms in total. The van der Waals surface area contributed by atoms with Gasteiger partial charge in [-0.2, -0.15) is 0 Å². The molecule has 0 saturated carbocycles. The van der Waals surface area contributed by atoms with Crippen LogP contribution in [0.15, 0.2) is 66.7 Å². The number of likely N-dealkylation sites (tertiary alicyclic amines) is 1. The molecule has 1 fully saturated rings. The van der Waals surface area contributed by atoms with Crippen LogP contribution >= 0.6 is 0 Å². The van der Waals surface area contributed by atoms with Crippen LogP contribution in [0, 0.1) is 11.9 Å². The molecule has 1 radical (unpaired) electrons. The van der Waals surface area contributed by atoms with Crippen molar-refractivity contribution < 1.29 is 4.39 Å². The molecular weight excluding hydrogens is 335 g/mol. The van der Waals surface area contributed by atoms with Gasteiger partial charge in [0.05, 0.1) is 0 Å². The highest BCUT2D eigenvalue weighted by molar-refractivity contribution is 6.07. The molecule has 0 spiro atoms. The van der Waals surface area contributed by atoms with Crippen LogP contribution in [0.3, 0.4) is 0 Å². The quantitative estimate of drug-likeness (QED) is 0.465. The van der Waals surface area contributed by atoms with E-state index in [2.05, 4.69) is 51.9 Å². The van der Waals surface area contributed by atoms with Gasteiger partial charge in [0.1, 0.15) is 5.82 Å². The van der Waals surface area contributed by atoms with E-state index >= 15 is 0 Å². The summed E-state index contributed by atoms with van der Waals surface area (Å²) in [4.78, 5) is 2.48. The first-order chi connectivity index (χ1) is 13.3. The molecule has 0 amide bonds. The van der Waals surface area contributed by atoms with E-state index in [9.17, 15) is 4.39 Å². The van der Waals surface area contributed by atoms with Crippen molar-refractivity contribution >= 4 is 21.8 Å². The topological polar surface area (TPSA) is 8.17 Å². The SMILES string of the molecule is Fc1ccc(CN2CCC(n3c4ccc[c]c4c4ccccc43)CC2)cc1. The third kappa shape index (κ3) is 3.02. The minimum Gasteiger partial charge on any atom is -0.337 e. The first-order valence-electron chi connectivity index (χ1n) is 9.66. The Morgan fingerprint density at radius 2 is 1.63 bits per heavy atom. The minimum atomic E-state index is -0.166. The molecule has 0 unspecified atom stereocenters. The van der Waals surface area contributed by atoms with Gasteiger partial charge < -0.3 is 4.57 Å². The first kappa shape index (κ1) is 16.5. The van der Waals surface area contributed by atoms with Gasteiger partial charge >= 0.3 is 0 Å². The van der Waals surface area contributed by atoms with Crippen molar-refractivity contribution in [3.8, 4) is 0 Å². The van der Waals surface area contributed by atoms with Crippen LogP contribution in [0.25, 0.3) is 21.8 Å². The molecule has 3 aromatic carbocycles. The number of nitrogens with zero attached hydrogens (tertiary/aromatic N) is 2. The molecule has 1 aliphatic rings. The number of piperidine rings is 1. The summed E-state index contributed by atoms with van der Waals surface area (Å²) in [5, 5.41) is 2.52. The Bertz CT molecular complexity index is 1020. The lowest BCUT2D eigenvalue weighted by molar-refractivity contribution is 0.183. The van der Waals surface area contributed by atoms with Gasteiger partial charge in [-0.1, -0.05) is 42.5 Å². The van der Waals surface area contributed by atoms with E-state index in [0.29, 0.717) is 6.04 Å². The van der Waals surface area contributed by atoms with E-state index in [4.69, 9.17) is 0 Å². The summed E-state index contributed by atoms with van der Waals surface area (Å²) >= 11 is 0. The maximum atomic E-state index is 13.1. The fourth-order valence-corrected chi connectivity index (χ4v) is 4.45. The van der Waals surface area contributed by atoms with Crippen molar-refractivity contribution in [3.63, 3.8) is 0 Å². The van der Waals surface area contributed by atoms with Crippen molar-refractivity contribution in [2.45, 2.75) is 25.4 Å². The van der Waals surface area contributed by atoms with Crippen LogP contribution in [0.5, 0.6) is 0 Å². The van der Waals surface area contributed by atoms with Gasteiger partial charge in [-0.3, -0.25) is 4.90 Å². The number of rotatable bonds is 3. The number of benzene rings is 3. The average molecular weight is 357 g/mol. The Morgan fingerprint density at radius 1 is 0.889 bits per heavy atom. The van der Waals surface area contributed by atoms with Crippen LogP contribution in [-0.4, -0.2) is 22.6 Å². The summed E-state index contributed by atoms with van der Waals surface area (Å²) in [5.41, 5.74) is 3.78. The standard InChI is InChI=1S/C24H22FN2/c25-19-11-9-18(10-12-19)17-26-15-13-20(14-16-26)27-23-7-3-1-5-21(23)22-6-2-4-8-24(22)27/h1-5,7-12,20H,13-17H2. The highest BCUT2D eigenvalue weighted by Gasteiger charge is 2.23. The normalized spacial score (nSPS) is 16.3. The Balaban J connectivity index is 1.40. The van der Waals surface area contributed by atoms with Gasteiger partial charge in [0.2, 0.25) is 0 Å². The molecule has 1 aromatic heterocycles. The number of hydrogen-bond donors (Lipinski definition) is 0. The van der Waals surface area contributed by atoms with Crippen molar-refractivity contribution in [1.29, 1.82) is 0 Å². The Labute approximate surface area is 158 Å². The number of fused-ring (bicyclic) bond motifs is 3. The molecule has 1 saturated heterocycles. The number of halogens is 1. The highest BCUT2D eigenvalue weighted by atomic mass is 19.1. The maximum Gasteiger partial charge on any atom is 0.123 e. The molecule has 2 heterocycles. The Hall–Kier alpha value is -2.65. The fourth-order valence-electron chi connectivity index (χ4n) is 4.45. The van der Waals surface area contributed by atoms with Crippen LogP contribution in [0.4, 0.5) is 4.39 Å². The highest BCUT2D eigenvalue weighted by Crippen LogP contribution is 2.35. The maximum absolute atomic E-state index is 13.1. The molecule has 0 atom stereocenters. The minimum absolute atomic E-state index is 0.166. The van der Waals surface area contributed by atoms with Gasteiger partial charge in [-0.05, 0) is 48.7 Å². The summed E-state index contributed by atoms with van der Waals surface area (Å²) in [5.74, 6) is -0.166. The monoisotopic (exact) mass is 357 g/mol. The molecule has 0 N–H and O–H groups in total. The van der Waals surface area contributed by atoms with E-state index < -0.39 is 0 Å². The summed E-state index contributed by atoms with van der Waals surface area (Å²) in [6.45, 7) is 3.02.